The van der Waals surface area contributed by atoms with Crippen LogP contribution in [-0.2, 0) is 17.8 Å². The Labute approximate surface area is 187 Å². The monoisotopic (exact) mass is 438 g/mol. The zero-order valence-electron chi connectivity index (χ0n) is 18.2. The molecule has 0 aliphatic rings. The number of hydrogen-bond donors (Lipinski definition) is 2. The van der Waals surface area contributed by atoms with Gasteiger partial charge in [0.25, 0.3) is 0 Å². The first-order valence-electron chi connectivity index (χ1n) is 10.3. The molecule has 1 amide bonds. The summed E-state index contributed by atoms with van der Waals surface area (Å²) < 4.78 is 29.3. The van der Waals surface area contributed by atoms with E-state index in [9.17, 15) is 9.18 Å². The highest BCUT2D eigenvalue weighted by molar-refractivity contribution is 5.80. The number of halogens is 1. The molecular formula is C25H27FN2O4. The van der Waals surface area contributed by atoms with Crippen molar-refractivity contribution in [1.29, 1.82) is 0 Å². The van der Waals surface area contributed by atoms with E-state index in [1.807, 2.05) is 42.5 Å². The molecule has 3 aromatic carbocycles. The van der Waals surface area contributed by atoms with Crippen LogP contribution in [0.1, 0.15) is 11.1 Å². The maximum atomic E-state index is 13.0. The molecule has 0 atom stereocenters. The lowest BCUT2D eigenvalue weighted by Gasteiger charge is -2.11. The van der Waals surface area contributed by atoms with Gasteiger partial charge in [-0.25, -0.2) is 4.39 Å². The molecule has 7 heteroatoms. The smallest absolute Gasteiger partial charge is 0.239 e. The normalized spacial score (nSPS) is 10.3. The van der Waals surface area contributed by atoms with Gasteiger partial charge in [0.2, 0.25) is 5.91 Å². The van der Waals surface area contributed by atoms with Crippen molar-refractivity contribution in [3.8, 4) is 17.2 Å². The van der Waals surface area contributed by atoms with Gasteiger partial charge in [0, 0.05) is 18.3 Å². The van der Waals surface area contributed by atoms with Gasteiger partial charge in [0.15, 0.2) is 11.5 Å². The highest BCUT2D eigenvalue weighted by Gasteiger charge is 2.06. The van der Waals surface area contributed by atoms with Crippen molar-refractivity contribution in [1.82, 2.24) is 5.32 Å². The van der Waals surface area contributed by atoms with Crippen molar-refractivity contribution >= 4 is 11.6 Å². The van der Waals surface area contributed by atoms with Gasteiger partial charge >= 0.3 is 0 Å². The predicted octanol–water partition coefficient (Wildman–Crippen LogP) is 4.19. The van der Waals surface area contributed by atoms with E-state index in [2.05, 4.69) is 10.6 Å². The lowest BCUT2D eigenvalue weighted by molar-refractivity contribution is -0.119. The average molecular weight is 438 g/mol. The number of rotatable bonds is 11. The zero-order valence-corrected chi connectivity index (χ0v) is 18.2. The van der Waals surface area contributed by atoms with Crippen LogP contribution < -0.4 is 24.8 Å². The molecule has 0 bridgehead atoms. The van der Waals surface area contributed by atoms with Crippen LogP contribution in [0.2, 0.25) is 0 Å². The fourth-order valence-electron chi connectivity index (χ4n) is 3.07. The SMILES string of the molecule is COc1ccc(CCNC(=O)CNc2cccc(OCc3ccc(F)cc3)c2)cc1OC. The minimum Gasteiger partial charge on any atom is -0.493 e. The van der Waals surface area contributed by atoms with Crippen LogP contribution in [0, 0.1) is 5.82 Å². The summed E-state index contributed by atoms with van der Waals surface area (Å²) in [4.78, 5) is 12.2. The maximum Gasteiger partial charge on any atom is 0.239 e. The zero-order chi connectivity index (χ0) is 22.8. The first-order chi connectivity index (χ1) is 15.6. The summed E-state index contributed by atoms with van der Waals surface area (Å²) in [7, 11) is 3.19. The molecule has 0 radical (unpaired) electrons. The second kappa shape index (κ2) is 11.6. The first kappa shape index (κ1) is 22.9. The van der Waals surface area contributed by atoms with E-state index < -0.39 is 0 Å². The molecule has 0 saturated heterocycles. The Morgan fingerprint density at radius 2 is 1.66 bits per heavy atom. The van der Waals surface area contributed by atoms with E-state index in [4.69, 9.17) is 14.2 Å². The summed E-state index contributed by atoms with van der Waals surface area (Å²) in [5, 5.41) is 5.99. The predicted molar refractivity (Wildman–Crippen MR) is 122 cm³/mol. The maximum absolute atomic E-state index is 13.0. The molecule has 0 aliphatic heterocycles. The van der Waals surface area contributed by atoms with Gasteiger partial charge in [-0.05, 0) is 53.9 Å². The largest absolute Gasteiger partial charge is 0.493 e. The van der Waals surface area contributed by atoms with Crippen molar-refractivity contribution in [3.63, 3.8) is 0 Å². The van der Waals surface area contributed by atoms with E-state index in [1.165, 1.54) is 12.1 Å². The number of carbonyl (C=O) groups excluding carboxylic acids is 1. The molecule has 3 aromatic rings. The van der Waals surface area contributed by atoms with Gasteiger partial charge in [0.1, 0.15) is 18.2 Å². The third kappa shape index (κ3) is 6.91. The Balaban J connectivity index is 1.41. The molecule has 0 spiro atoms. The highest BCUT2D eigenvalue weighted by Crippen LogP contribution is 2.27. The number of benzene rings is 3. The number of amides is 1. The number of carbonyl (C=O) groups is 1. The van der Waals surface area contributed by atoms with Crippen LogP contribution in [0.15, 0.2) is 66.7 Å². The third-order valence-electron chi connectivity index (χ3n) is 4.79. The minimum atomic E-state index is -0.276. The van der Waals surface area contributed by atoms with E-state index in [0.29, 0.717) is 36.8 Å². The van der Waals surface area contributed by atoms with Crippen molar-refractivity contribution < 1.29 is 23.4 Å². The second-order valence-electron chi connectivity index (χ2n) is 7.09. The first-order valence-corrected chi connectivity index (χ1v) is 10.3. The molecule has 32 heavy (non-hydrogen) atoms. The molecule has 0 aromatic heterocycles. The minimum absolute atomic E-state index is 0.108. The quantitative estimate of drug-likeness (QED) is 0.470. The van der Waals surface area contributed by atoms with Gasteiger partial charge in [-0.1, -0.05) is 24.3 Å². The summed E-state index contributed by atoms with van der Waals surface area (Å²) >= 11 is 0. The van der Waals surface area contributed by atoms with Crippen LogP contribution in [0.3, 0.4) is 0 Å². The number of hydrogen-bond acceptors (Lipinski definition) is 5. The van der Waals surface area contributed by atoms with E-state index in [-0.39, 0.29) is 18.3 Å². The Bertz CT molecular complexity index is 1020. The topological polar surface area (TPSA) is 68.8 Å². The van der Waals surface area contributed by atoms with E-state index >= 15 is 0 Å². The summed E-state index contributed by atoms with van der Waals surface area (Å²) in [6.07, 6.45) is 0.679. The molecule has 3 rings (SSSR count). The van der Waals surface area contributed by atoms with Gasteiger partial charge in [-0.15, -0.1) is 0 Å². The van der Waals surface area contributed by atoms with Crippen LogP contribution in [-0.4, -0.2) is 33.2 Å². The van der Waals surface area contributed by atoms with Gasteiger partial charge in [-0.2, -0.15) is 0 Å². The summed E-state index contributed by atoms with van der Waals surface area (Å²) in [5.74, 6) is 1.62. The molecule has 0 aliphatic carbocycles. The molecule has 2 N–H and O–H groups in total. The fraction of sp³-hybridized carbons (Fsp3) is 0.240. The molecule has 0 heterocycles. The van der Waals surface area contributed by atoms with Gasteiger partial charge < -0.3 is 24.8 Å². The lowest BCUT2D eigenvalue weighted by Crippen LogP contribution is -2.31. The molecule has 0 unspecified atom stereocenters. The Morgan fingerprint density at radius 1 is 0.906 bits per heavy atom. The number of methoxy groups -OCH3 is 2. The van der Waals surface area contributed by atoms with Crippen LogP contribution in [0.4, 0.5) is 10.1 Å². The molecule has 0 saturated carbocycles. The van der Waals surface area contributed by atoms with Crippen molar-refractivity contribution in [2.75, 3.05) is 32.6 Å². The Morgan fingerprint density at radius 3 is 2.41 bits per heavy atom. The summed E-state index contributed by atoms with van der Waals surface area (Å²) in [6.45, 7) is 0.991. The molecule has 168 valence electrons. The van der Waals surface area contributed by atoms with E-state index in [1.54, 1.807) is 26.4 Å². The van der Waals surface area contributed by atoms with Crippen molar-refractivity contribution in [3.05, 3.63) is 83.7 Å². The highest BCUT2D eigenvalue weighted by atomic mass is 19.1. The number of anilines is 1. The summed E-state index contributed by atoms with van der Waals surface area (Å²) in [5.41, 5.74) is 2.69. The van der Waals surface area contributed by atoms with Crippen molar-refractivity contribution in [2.24, 2.45) is 0 Å². The average Bonchev–Trinajstić information content (AvgIpc) is 2.82. The molecular weight excluding hydrogens is 411 g/mol. The standard InChI is InChI=1S/C25H27FN2O4/c1-30-23-11-8-18(14-24(23)31-2)12-13-27-25(29)16-28-21-4-3-5-22(15-21)32-17-19-6-9-20(26)10-7-19/h3-11,14-15,28H,12-13,16-17H2,1-2H3,(H,27,29). The third-order valence-corrected chi connectivity index (χ3v) is 4.79. The fourth-order valence-corrected chi connectivity index (χ4v) is 3.07. The van der Waals surface area contributed by atoms with Gasteiger partial charge in [-0.3, -0.25) is 4.79 Å². The molecule has 6 nitrogen and oxygen atoms in total. The molecule has 0 fully saturated rings. The Hall–Kier alpha value is -3.74. The number of nitrogens with one attached hydrogen (secondary N) is 2. The van der Waals surface area contributed by atoms with Gasteiger partial charge in [0.05, 0.1) is 20.8 Å². The van der Waals surface area contributed by atoms with Crippen LogP contribution in [0.5, 0.6) is 17.2 Å². The Kier molecular flexibility index (Phi) is 8.31. The summed E-state index contributed by atoms with van der Waals surface area (Å²) in [6, 6.07) is 19.2. The van der Waals surface area contributed by atoms with Crippen LogP contribution in [0.25, 0.3) is 0 Å². The number of ether oxygens (including phenoxy) is 3. The van der Waals surface area contributed by atoms with Crippen molar-refractivity contribution in [2.45, 2.75) is 13.0 Å². The second-order valence-corrected chi connectivity index (χ2v) is 7.09. The lowest BCUT2D eigenvalue weighted by atomic mass is 10.1. The van der Waals surface area contributed by atoms with Crippen LogP contribution >= 0.6 is 0 Å². The van der Waals surface area contributed by atoms with E-state index in [0.717, 1.165) is 16.8 Å².